The van der Waals surface area contributed by atoms with Crippen molar-refractivity contribution in [2.45, 2.75) is 33.8 Å². The zero-order chi connectivity index (χ0) is 22.2. The van der Waals surface area contributed by atoms with Crippen LogP contribution in [-0.2, 0) is 4.79 Å². The minimum atomic E-state index is -0.0961. The molecular weight excluding hydrogens is 412 g/mol. The minimum absolute atomic E-state index is 0.0705. The Hall–Kier alpha value is -3.39. The Morgan fingerprint density at radius 3 is 2.65 bits per heavy atom. The molecule has 1 amide bonds. The van der Waals surface area contributed by atoms with E-state index in [2.05, 4.69) is 20.8 Å². The zero-order valence-corrected chi connectivity index (χ0v) is 18.8. The quantitative estimate of drug-likeness (QED) is 0.345. The molecule has 31 heavy (non-hydrogen) atoms. The van der Waals surface area contributed by atoms with Gasteiger partial charge in [-0.15, -0.1) is 11.3 Å². The van der Waals surface area contributed by atoms with Crippen molar-refractivity contribution >= 4 is 34.3 Å². The van der Waals surface area contributed by atoms with Gasteiger partial charge >= 0.3 is 0 Å². The number of hydrogen-bond donors (Lipinski definition) is 2. The summed E-state index contributed by atoms with van der Waals surface area (Å²) < 4.78 is 11.5. The van der Waals surface area contributed by atoms with Gasteiger partial charge in [0.25, 0.3) is 0 Å². The summed E-state index contributed by atoms with van der Waals surface area (Å²) in [6.45, 7) is 7.94. The number of aromatic nitrogens is 1. The van der Waals surface area contributed by atoms with Crippen LogP contribution in [0.2, 0.25) is 0 Å². The van der Waals surface area contributed by atoms with Crippen molar-refractivity contribution in [2.75, 3.05) is 17.3 Å². The molecule has 0 atom stereocenters. The molecule has 0 aliphatic carbocycles. The first kappa shape index (κ1) is 22.3. The van der Waals surface area contributed by atoms with E-state index < -0.39 is 0 Å². The van der Waals surface area contributed by atoms with Gasteiger partial charge in [0, 0.05) is 23.6 Å². The van der Waals surface area contributed by atoms with Gasteiger partial charge in [0.2, 0.25) is 11.0 Å². The second kappa shape index (κ2) is 10.6. The molecule has 0 bridgehead atoms. The van der Waals surface area contributed by atoms with Crippen molar-refractivity contribution in [1.29, 1.82) is 0 Å². The van der Waals surface area contributed by atoms with Crippen LogP contribution >= 0.6 is 11.3 Å². The fourth-order valence-corrected chi connectivity index (χ4v) is 3.44. The van der Waals surface area contributed by atoms with E-state index in [0.717, 1.165) is 28.3 Å². The zero-order valence-electron chi connectivity index (χ0n) is 18.0. The Balaban J connectivity index is 1.64. The maximum Gasteiger partial charge on any atom is 0.221 e. The van der Waals surface area contributed by atoms with E-state index in [0.29, 0.717) is 17.5 Å². The fourth-order valence-electron chi connectivity index (χ4n) is 2.77. The Morgan fingerprint density at radius 2 is 1.97 bits per heavy atom. The van der Waals surface area contributed by atoms with Crippen molar-refractivity contribution in [1.82, 2.24) is 4.98 Å². The van der Waals surface area contributed by atoms with Crippen LogP contribution in [0.1, 0.15) is 33.3 Å². The van der Waals surface area contributed by atoms with Crippen LogP contribution in [0, 0.1) is 0 Å². The summed E-state index contributed by atoms with van der Waals surface area (Å²) in [6.07, 6.45) is 1.78. The molecule has 0 aliphatic heterocycles. The van der Waals surface area contributed by atoms with Crippen LogP contribution in [-0.4, -0.2) is 29.8 Å². The van der Waals surface area contributed by atoms with Crippen LogP contribution in [0.5, 0.6) is 11.5 Å². The third-order valence-electron chi connectivity index (χ3n) is 4.01. The normalized spacial score (nSPS) is 11.0. The van der Waals surface area contributed by atoms with E-state index in [1.165, 1.54) is 18.3 Å². The summed E-state index contributed by atoms with van der Waals surface area (Å²) in [5.74, 6) is 1.32. The number of carbonyl (C=O) groups excluding carboxylic acids is 1. The lowest BCUT2D eigenvalue weighted by Gasteiger charge is -2.14. The molecule has 7 nitrogen and oxygen atoms in total. The van der Waals surface area contributed by atoms with E-state index in [1.807, 2.05) is 68.6 Å². The predicted molar refractivity (Wildman–Crippen MR) is 126 cm³/mol. The van der Waals surface area contributed by atoms with E-state index in [-0.39, 0.29) is 12.0 Å². The highest BCUT2D eigenvalue weighted by atomic mass is 32.1. The first-order valence-corrected chi connectivity index (χ1v) is 10.9. The van der Waals surface area contributed by atoms with Crippen LogP contribution in [0.25, 0.3) is 11.3 Å². The number of anilines is 2. The third-order valence-corrected chi connectivity index (χ3v) is 4.76. The van der Waals surface area contributed by atoms with Crippen LogP contribution in [0.15, 0.2) is 52.9 Å². The van der Waals surface area contributed by atoms with E-state index in [1.54, 1.807) is 6.21 Å². The van der Waals surface area contributed by atoms with E-state index >= 15 is 0 Å². The predicted octanol–water partition coefficient (Wildman–Crippen LogP) is 5.40. The summed E-state index contributed by atoms with van der Waals surface area (Å²) in [4.78, 5) is 15.7. The van der Waals surface area contributed by atoms with Gasteiger partial charge in [-0.1, -0.05) is 12.1 Å². The van der Waals surface area contributed by atoms with Gasteiger partial charge < -0.3 is 14.8 Å². The number of nitrogens with zero attached hydrogens (tertiary/aromatic N) is 2. The molecule has 3 aromatic rings. The largest absolute Gasteiger partial charge is 0.490 e. The van der Waals surface area contributed by atoms with Crippen molar-refractivity contribution in [3.05, 3.63) is 53.4 Å². The molecule has 0 fully saturated rings. The van der Waals surface area contributed by atoms with Crippen molar-refractivity contribution < 1.29 is 14.3 Å². The Labute approximate surface area is 186 Å². The summed E-state index contributed by atoms with van der Waals surface area (Å²) in [6, 6.07) is 13.3. The molecule has 0 radical (unpaired) electrons. The number of nitrogens with one attached hydrogen (secondary N) is 2. The molecule has 0 saturated carbocycles. The molecular formula is C23H26N4O3S. The third kappa shape index (κ3) is 6.55. The van der Waals surface area contributed by atoms with Crippen LogP contribution in [0.4, 0.5) is 10.8 Å². The Morgan fingerprint density at radius 1 is 1.19 bits per heavy atom. The average molecular weight is 439 g/mol. The highest BCUT2D eigenvalue weighted by Crippen LogP contribution is 2.29. The minimum Gasteiger partial charge on any atom is -0.490 e. The van der Waals surface area contributed by atoms with Gasteiger partial charge in [-0.2, -0.15) is 5.10 Å². The molecule has 2 aromatic carbocycles. The molecule has 0 spiro atoms. The number of thiazole rings is 1. The monoisotopic (exact) mass is 438 g/mol. The van der Waals surface area contributed by atoms with Gasteiger partial charge in [0.05, 0.1) is 24.6 Å². The van der Waals surface area contributed by atoms with Gasteiger partial charge in [-0.05, 0) is 56.7 Å². The smallest absolute Gasteiger partial charge is 0.221 e. The molecule has 3 rings (SSSR count). The molecule has 0 aliphatic rings. The number of carbonyl (C=O) groups is 1. The molecule has 0 saturated heterocycles. The Bertz CT molecular complexity index is 1050. The number of benzene rings is 2. The number of ether oxygens (including phenoxy) is 2. The highest BCUT2D eigenvalue weighted by molar-refractivity contribution is 7.14. The number of hydrogen-bond acceptors (Lipinski definition) is 7. The van der Waals surface area contributed by atoms with Crippen molar-refractivity contribution in [3.8, 4) is 22.8 Å². The molecule has 0 unspecified atom stereocenters. The lowest BCUT2D eigenvalue weighted by Crippen LogP contribution is -2.07. The van der Waals surface area contributed by atoms with E-state index in [4.69, 9.17) is 9.47 Å². The second-order valence-corrected chi connectivity index (χ2v) is 7.83. The summed E-state index contributed by atoms with van der Waals surface area (Å²) in [5, 5.41) is 9.68. The Kier molecular flexibility index (Phi) is 7.61. The average Bonchev–Trinajstić information content (AvgIpc) is 3.19. The summed E-state index contributed by atoms with van der Waals surface area (Å²) >= 11 is 1.46. The highest BCUT2D eigenvalue weighted by Gasteiger charge is 2.08. The fraction of sp³-hybridized carbons (Fsp3) is 0.261. The number of rotatable bonds is 9. The maximum atomic E-state index is 11.1. The van der Waals surface area contributed by atoms with Crippen LogP contribution in [0.3, 0.4) is 0 Å². The lowest BCUT2D eigenvalue weighted by molar-refractivity contribution is -0.114. The molecule has 2 N–H and O–H groups in total. The maximum absolute atomic E-state index is 11.1. The first-order chi connectivity index (χ1) is 14.9. The molecule has 8 heteroatoms. The second-order valence-electron chi connectivity index (χ2n) is 6.97. The van der Waals surface area contributed by atoms with Gasteiger partial charge in [-0.25, -0.2) is 4.98 Å². The number of amides is 1. The SMILES string of the molecule is CCOc1cc(/C=N\Nc2nc(-c3ccc(NC(C)=O)cc3)cs2)ccc1OC(C)C. The van der Waals surface area contributed by atoms with E-state index in [9.17, 15) is 4.79 Å². The first-order valence-electron chi connectivity index (χ1n) is 10.0. The summed E-state index contributed by atoms with van der Waals surface area (Å²) in [7, 11) is 0. The van der Waals surface area contributed by atoms with Gasteiger partial charge in [0.15, 0.2) is 11.5 Å². The standard InChI is InChI=1S/C23H26N4O3S/c1-5-29-22-12-17(6-11-21(22)30-15(2)3)13-24-27-23-26-20(14-31-23)18-7-9-19(10-8-18)25-16(4)28/h6-15H,5H2,1-4H3,(H,25,28)(H,26,27)/b24-13-. The number of hydrazone groups is 1. The topological polar surface area (TPSA) is 84.8 Å². The van der Waals surface area contributed by atoms with Gasteiger partial charge in [0.1, 0.15) is 0 Å². The van der Waals surface area contributed by atoms with Crippen molar-refractivity contribution in [3.63, 3.8) is 0 Å². The molecule has 1 aromatic heterocycles. The lowest BCUT2D eigenvalue weighted by atomic mass is 10.1. The summed E-state index contributed by atoms with van der Waals surface area (Å²) in [5.41, 5.74) is 6.41. The van der Waals surface area contributed by atoms with Crippen molar-refractivity contribution in [2.24, 2.45) is 5.10 Å². The van der Waals surface area contributed by atoms with Crippen LogP contribution < -0.4 is 20.2 Å². The van der Waals surface area contributed by atoms with Gasteiger partial charge in [-0.3, -0.25) is 10.2 Å². The molecule has 162 valence electrons. The molecule has 1 heterocycles.